The molecule has 0 fully saturated rings. The van der Waals surface area contributed by atoms with Crippen molar-refractivity contribution in [2.45, 2.75) is 12.5 Å². The van der Waals surface area contributed by atoms with E-state index in [4.69, 9.17) is 5.73 Å². The van der Waals surface area contributed by atoms with Crippen molar-refractivity contribution < 1.29 is 9.59 Å². The second-order valence-electron chi connectivity index (χ2n) is 7.36. The standard InChI is InChI=1S/C25H23N3O2/c1-28(23(16-24(26)29)18-10-6-3-7-11-18)25(30)22-15-20-13-12-19(14-21(20)27-22)17-8-4-2-5-9-17/h2-15,23,27H,16H2,1H3,(H2,26,29). The fourth-order valence-electron chi connectivity index (χ4n) is 3.73. The van der Waals surface area contributed by atoms with E-state index < -0.39 is 11.9 Å². The van der Waals surface area contributed by atoms with E-state index in [2.05, 4.69) is 17.1 Å². The molecule has 0 aliphatic heterocycles. The molecule has 1 unspecified atom stereocenters. The monoisotopic (exact) mass is 397 g/mol. The minimum Gasteiger partial charge on any atom is -0.370 e. The molecule has 5 heteroatoms. The highest BCUT2D eigenvalue weighted by Crippen LogP contribution is 2.27. The molecule has 0 aliphatic rings. The van der Waals surface area contributed by atoms with Gasteiger partial charge in [0, 0.05) is 18.0 Å². The van der Waals surface area contributed by atoms with Crippen LogP contribution in [0.1, 0.15) is 28.5 Å². The average molecular weight is 397 g/mol. The number of fused-ring (bicyclic) bond motifs is 1. The highest BCUT2D eigenvalue weighted by Gasteiger charge is 2.25. The third-order valence-electron chi connectivity index (χ3n) is 5.33. The highest BCUT2D eigenvalue weighted by molar-refractivity contribution is 5.99. The fraction of sp³-hybridized carbons (Fsp3) is 0.120. The number of nitrogens with zero attached hydrogens (tertiary/aromatic N) is 1. The molecule has 4 rings (SSSR count). The van der Waals surface area contributed by atoms with E-state index in [1.165, 1.54) is 0 Å². The number of aromatic nitrogens is 1. The second kappa shape index (κ2) is 8.25. The van der Waals surface area contributed by atoms with Crippen molar-refractivity contribution in [1.29, 1.82) is 0 Å². The third kappa shape index (κ3) is 3.96. The molecule has 1 aromatic heterocycles. The number of primary amides is 1. The van der Waals surface area contributed by atoms with Gasteiger partial charge in [0.05, 0.1) is 12.5 Å². The van der Waals surface area contributed by atoms with Crippen molar-refractivity contribution >= 4 is 22.7 Å². The van der Waals surface area contributed by atoms with Crippen LogP contribution in [-0.4, -0.2) is 28.7 Å². The number of rotatable bonds is 6. The van der Waals surface area contributed by atoms with E-state index in [-0.39, 0.29) is 12.3 Å². The maximum absolute atomic E-state index is 13.2. The second-order valence-corrected chi connectivity index (χ2v) is 7.36. The van der Waals surface area contributed by atoms with E-state index in [0.717, 1.165) is 27.6 Å². The van der Waals surface area contributed by atoms with E-state index >= 15 is 0 Å². The van der Waals surface area contributed by atoms with Gasteiger partial charge in [0.1, 0.15) is 5.69 Å². The Balaban J connectivity index is 1.65. The van der Waals surface area contributed by atoms with Crippen molar-refractivity contribution in [2.24, 2.45) is 5.73 Å². The lowest BCUT2D eigenvalue weighted by molar-refractivity contribution is -0.119. The summed E-state index contributed by atoms with van der Waals surface area (Å²) < 4.78 is 0. The van der Waals surface area contributed by atoms with Crippen LogP contribution >= 0.6 is 0 Å². The van der Waals surface area contributed by atoms with Crippen LogP contribution in [0.5, 0.6) is 0 Å². The molecular weight excluding hydrogens is 374 g/mol. The maximum atomic E-state index is 13.2. The number of aromatic amines is 1. The van der Waals surface area contributed by atoms with Gasteiger partial charge in [-0.2, -0.15) is 0 Å². The van der Waals surface area contributed by atoms with E-state index in [1.54, 1.807) is 11.9 Å². The average Bonchev–Trinajstić information content (AvgIpc) is 3.21. The van der Waals surface area contributed by atoms with Gasteiger partial charge in [0.2, 0.25) is 5.91 Å². The Morgan fingerprint density at radius 2 is 1.57 bits per heavy atom. The number of H-pyrrole nitrogens is 1. The molecule has 5 nitrogen and oxygen atoms in total. The summed E-state index contributed by atoms with van der Waals surface area (Å²) in [5, 5.41) is 0.956. The van der Waals surface area contributed by atoms with Gasteiger partial charge in [-0.1, -0.05) is 72.8 Å². The summed E-state index contributed by atoms with van der Waals surface area (Å²) in [6.07, 6.45) is 0.0602. The molecule has 0 saturated carbocycles. The van der Waals surface area contributed by atoms with Crippen molar-refractivity contribution in [3.8, 4) is 11.1 Å². The Hall–Kier alpha value is -3.86. The lowest BCUT2D eigenvalue weighted by atomic mass is 10.0. The number of carbonyl (C=O) groups excluding carboxylic acids is 2. The molecule has 2 amide bonds. The topological polar surface area (TPSA) is 79.2 Å². The van der Waals surface area contributed by atoms with Crippen molar-refractivity contribution in [1.82, 2.24) is 9.88 Å². The van der Waals surface area contributed by atoms with Gasteiger partial charge >= 0.3 is 0 Å². The Bertz CT molecular complexity index is 1180. The van der Waals surface area contributed by atoms with Crippen LogP contribution in [0.3, 0.4) is 0 Å². The van der Waals surface area contributed by atoms with Gasteiger partial charge in [0.15, 0.2) is 0 Å². The lowest BCUT2D eigenvalue weighted by Crippen LogP contribution is -2.34. The Kier molecular flexibility index (Phi) is 5.35. The molecule has 30 heavy (non-hydrogen) atoms. The zero-order chi connectivity index (χ0) is 21.1. The molecule has 0 aliphatic carbocycles. The van der Waals surface area contributed by atoms with Gasteiger partial charge in [-0.15, -0.1) is 0 Å². The van der Waals surface area contributed by atoms with E-state index in [1.807, 2.05) is 72.8 Å². The molecule has 3 aromatic carbocycles. The summed E-state index contributed by atoms with van der Waals surface area (Å²) in [4.78, 5) is 29.7. The Morgan fingerprint density at radius 1 is 0.900 bits per heavy atom. The summed E-state index contributed by atoms with van der Waals surface area (Å²) in [5.74, 6) is -0.643. The predicted octanol–water partition coefficient (Wildman–Crippen LogP) is 4.52. The number of amides is 2. The number of benzene rings is 3. The normalized spacial score (nSPS) is 11.9. The number of carbonyl (C=O) groups is 2. The van der Waals surface area contributed by atoms with Gasteiger partial charge in [-0.3, -0.25) is 9.59 Å². The summed E-state index contributed by atoms with van der Waals surface area (Å²) in [5.41, 5.74) is 9.88. The first-order chi connectivity index (χ1) is 14.5. The van der Waals surface area contributed by atoms with Crippen molar-refractivity contribution in [2.75, 3.05) is 7.05 Å². The van der Waals surface area contributed by atoms with Crippen molar-refractivity contribution in [3.63, 3.8) is 0 Å². The minimum absolute atomic E-state index is 0.0602. The molecule has 1 atom stereocenters. The molecule has 0 bridgehead atoms. The molecule has 4 aromatic rings. The summed E-state index contributed by atoms with van der Waals surface area (Å²) >= 11 is 0. The molecular formula is C25H23N3O2. The zero-order valence-electron chi connectivity index (χ0n) is 16.7. The first-order valence-corrected chi connectivity index (χ1v) is 9.81. The largest absolute Gasteiger partial charge is 0.370 e. The molecule has 1 heterocycles. The zero-order valence-corrected chi connectivity index (χ0v) is 16.7. The summed E-state index contributed by atoms with van der Waals surface area (Å²) in [7, 11) is 1.70. The Morgan fingerprint density at radius 3 is 2.23 bits per heavy atom. The van der Waals surface area contributed by atoms with Crippen LogP contribution in [0.15, 0.2) is 84.9 Å². The van der Waals surface area contributed by atoms with E-state index in [9.17, 15) is 9.59 Å². The van der Waals surface area contributed by atoms with Gasteiger partial charge < -0.3 is 15.6 Å². The van der Waals surface area contributed by atoms with Crippen LogP contribution in [0, 0.1) is 0 Å². The number of nitrogens with two attached hydrogens (primary N) is 1. The van der Waals surface area contributed by atoms with E-state index in [0.29, 0.717) is 5.69 Å². The SMILES string of the molecule is CN(C(=O)c1cc2ccc(-c3ccccc3)cc2[nH]1)C(CC(N)=O)c1ccccc1. The fourth-order valence-corrected chi connectivity index (χ4v) is 3.73. The van der Waals surface area contributed by atoms with Crippen LogP contribution in [0.2, 0.25) is 0 Å². The van der Waals surface area contributed by atoms with Crippen LogP contribution < -0.4 is 5.73 Å². The van der Waals surface area contributed by atoms with Gasteiger partial charge in [-0.25, -0.2) is 0 Å². The minimum atomic E-state index is -0.451. The smallest absolute Gasteiger partial charge is 0.270 e. The predicted molar refractivity (Wildman–Crippen MR) is 119 cm³/mol. The van der Waals surface area contributed by atoms with Crippen LogP contribution in [0.25, 0.3) is 22.0 Å². The molecule has 0 saturated heterocycles. The summed E-state index contributed by atoms with van der Waals surface area (Å²) in [6, 6.07) is 27.1. The number of nitrogens with one attached hydrogen (secondary N) is 1. The highest BCUT2D eigenvalue weighted by atomic mass is 16.2. The molecule has 0 radical (unpaired) electrons. The lowest BCUT2D eigenvalue weighted by Gasteiger charge is -2.27. The number of hydrogen-bond acceptors (Lipinski definition) is 2. The molecule has 3 N–H and O–H groups in total. The molecule has 150 valence electrons. The van der Waals surface area contributed by atoms with Crippen molar-refractivity contribution in [3.05, 3.63) is 96.2 Å². The molecule has 0 spiro atoms. The third-order valence-corrected chi connectivity index (χ3v) is 5.33. The first-order valence-electron chi connectivity index (χ1n) is 9.81. The quantitative estimate of drug-likeness (QED) is 0.502. The Labute approximate surface area is 175 Å². The van der Waals surface area contributed by atoms with Gasteiger partial charge in [0.25, 0.3) is 5.91 Å². The van der Waals surface area contributed by atoms with Gasteiger partial charge in [-0.05, 0) is 28.8 Å². The maximum Gasteiger partial charge on any atom is 0.270 e. The number of hydrogen-bond donors (Lipinski definition) is 2. The summed E-state index contributed by atoms with van der Waals surface area (Å²) in [6.45, 7) is 0. The van der Waals surface area contributed by atoms with Crippen LogP contribution in [-0.2, 0) is 4.79 Å². The van der Waals surface area contributed by atoms with Crippen LogP contribution in [0.4, 0.5) is 0 Å². The first kappa shape index (κ1) is 19.5.